The van der Waals surface area contributed by atoms with Gasteiger partial charge < -0.3 is 26.0 Å². The Labute approximate surface area is 158 Å². The molecule has 1 aromatic rings. The number of carbonyl (C=O) groups is 2. The van der Waals surface area contributed by atoms with E-state index in [-0.39, 0.29) is 13.0 Å². The first kappa shape index (κ1) is 22.2. The standard InChI is InChI=1S/C20H24N2O5/c1-20(2,21)17(19(26)27-3)22-18(25)15-10-8-14(9-11-15)6-4-5-7-16(24)12-13-23/h8-11,16-17,23-24H,12-13,21H2,1-3H3,(H,22,25)/t16?,17-/m1/s1. The van der Waals surface area contributed by atoms with E-state index >= 15 is 0 Å². The molecule has 5 N–H and O–H groups in total. The first-order valence-electron chi connectivity index (χ1n) is 8.27. The second-order valence-corrected chi connectivity index (χ2v) is 6.38. The van der Waals surface area contributed by atoms with E-state index in [0.717, 1.165) is 0 Å². The number of methoxy groups -OCH3 is 1. The molecule has 0 saturated heterocycles. The zero-order chi connectivity index (χ0) is 20.4. The number of amides is 1. The lowest BCUT2D eigenvalue weighted by atomic mass is 9.95. The van der Waals surface area contributed by atoms with Gasteiger partial charge in [0.2, 0.25) is 0 Å². The van der Waals surface area contributed by atoms with Gasteiger partial charge in [-0.25, -0.2) is 4.79 Å². The normalized spacial score (nSPS) is 12.5. The van der Waals surface area contributed by atoms with Gasteiger partial charge >= 0.3 is 5.97 Å². The lowest BCUT2D eigenvalue weighted by Gasteiger charge is -2.28. The summed E-state index contributed by atoms with van der Waals surface area (Å²) in [5.74, 6) is 9.26. The summed E-state index contributed by atoms with van der Waals surface area (Å²) in [7, 11) is 1.23. The monoisotopic (exact) mass is 372 g/mol. The lowest BCUT2D eigenvalue weighted by molar-refractivity contribution is -0.144. The van der Waals surface area contributed by atoms with E-state index in [0.29, 0.717) is 11.1 Å². The van der Waals surface area contributed by atoms with Crippen molar-refractivity contribution in [2.45, 2.75) is 38.0 Å². The quantitative estimate of drug-likeness (QED) is 0.405. The summed E-state index contributed by atoms with van der Waals surface area (Å²) in [6, 6.07) is 5.40. The second kappa shape index (κ2) is 10.3. The predicted octanol–water partition coefficient (Wildman–Crippen LogP) is -0.206. The van der Waals surface area contributed by atoms with Crippen molar-refractivity contribution in [1.29, 1.82) is 0 Å². The van der Waals surface area contributed by atoms with Crippen LogP contribution in [-0.2, 0) is 9.53 Å². The van der Waals surface area contributed by atoms with Crippen LogP contribution in [0.5, 0.6) is 0 Å². The van der Waals surface area contributed by atoms with E-state index in [2.05, 4.69) is 33.7 Å². The van der Waals surface area contributed by atoms with Gasteiger partial charge in [0.25, 0.3) is 5.91 Å². The number of benzene rings is 1. The van der Waals surface area contributed by atoms with Crippen LogP contribution in [0.15, 0.2) is 24.3 Å². The SMILES string of the molecule is COC(=O)[C@@H](NC(=O)c1ccc(C#CC#CC(O)CCO)cc1)C(C)(C)N. The summed E-state index contributed by atoms with van der Waals surface area (Å²) < 4.78 is 4.69. The van der Waals surface area contributed by atoms with E-state index in [9.17, 15) is 14.7 Å². The maximum atomic E-state index is 12.3. The molecular formula is C20H24N2O5. The highest BCUT2D eigenvalue weighted by Crippen LogP contribution is 2.10. The minimum atomic E-state index is -0.993. The highest BCUT2D eigenvalue weighted by molar-refractivity contribution is 5.97. The van der Waals surface area contributed by atoms with Crippen LogP contribution >= 0.6 is 0 Å². The molecule has 7 heteroatoms. The zero-order valence-electron chi connectivity index (χ0n) is 15.6. The number of nitrogens with one attached hydrogen (secondary N) is 1. The Morgan fingerprint density at radius 2 is 1.89 bits per heavy atom. The molecule has 144 valence electrons. The minimum absolute atomic E-state index is 0.148. The number of hydrogen-bond donors (Lipinski definition) is 4. The number of carbonyl (C=O) groups excluding carboxylic acids is 2. The van der Waals surface area contributed by atoms with E-state index < -0.39 is 29.6 Å². The highest BCUT2D eigenvalue weighted by Gasteiger charge is 2.34. The average molecular weight is 372 g/mol. The minimum Gasteiger partial charge on any atom is -0.467 e. The van der Waals surface area contributed by atoms with Crippen molar-refractivity contribution in [3.8, 4) is 23.7 Å². The molecule has 7 nitrogen and oxygen atoms in total. The van der Waals surface area contributed by atoms with Gasteiger partial charge in [0, 0.05) is 29.7 Å². The molecule has 0 heterocycles. The number of aliphatic hydroxyl groups excluding tert-OH is 2. The van der Waals surface area contributed by atoms with Crippen molar-refractivity contribution in [1.82, 2.24) is 5.32 Å². The molecule has 2 atom stereocenters. The first-order valence-corrected chi connectivity index (χ1v) is 8.27. The van der Waals surface area contributed by atoms with Crippen LogP contribution < -0.4 is 11.1 Å². The Morgan fingerprint density at radius 3 is 2.41 bits per heavy atom. The van der Waals surface area contributed by atoms with Gasteiger partial charge in [-0.3, -0.25) is 4.79 Å². The Balaban J connectivity index is 2.81. The molecule has 0 aromatic heterocycles. The molecule has 1 unspecified atom stereocenters. The van der Waals surface area contributed by atoms with Crippen molar-refractivity contribution in [2.24, 2.45) is 5.73 Å². The van der Waals surface area contributed by atoms with E-state index in [1.165, 1.54) is 7.11 Å². The van der Waals surface area contributed by atoms with Gasteiger partial charge in [-0.15, -0.1) is 0 Å². The molecule has 0 radical (unpaired) electrons. The van der Waals surface area contributed by atoms with E-state index in [4.69, 9.17) is 10.8 Å². The molecule has 0 fully saturated rings. The van der Waals surface area contributed by atoms with Gasteiger partial charge in [0.15, 0.2) is 0 Å². The Bertz CT molecular complexity index is 773. The zero-order valence-corrected chi connectivity index (χ0v) is 15.6. The summed E-state index contributed by atoms with van der Waals surface area (Å²) in [5, 5.41) is 20.6. The van der Waals surface area contributed by atoms with E-state index in [1.807, 2.05) is 0 Å². The van der Waals surface area contributed by atoms with Crippen LogP contribution in [0.3, 0.4) is 0 Å². The number of rotatable bonds is 6. The molecule has 1 amide bonds. The summed E-state index contributed by atoms with van der Waals surface area (Å²) in [6.07, 6.45) is -0.741. The third-order valence-electron chi connectivity index (χ3n) is 3.51. The van der Waals surface area contributed by atoms with Crippen LogP contribution in [0.1, 0.15) is 36.2 Å². The fourth-order valence-corrected chi connectivity index (χ4v) is 2.00. The summed E-state index contributed by atoms with van der Waals surface area (Å²) in [6.45, 7) is 3.09. The first-order chi connectivity index (χ1) is 12.7. The smallest absolute Gasteiger partial charge is 0.330 e. The van der Waals surface area contributed by atoms with Crippen LogP contribution in [0.4, 0.5) is 0 Å². The Morgan fingerprint density at radius 1 is 1.26 bits per heavy atom. The number of nitrogens with two attached hydrogens (primary N) is 1. The Kier molecular flexibility index (Phi) is 8.50. The van der Waals surface area contributed by atoms with Gasteiger partial charge in [-0.05, 0) is 50.0 Å². The maximum absolute atomic E-state index is 12.3. The molecule has 0 aliphatic rings. The average Bonchev–Trinajstić information content (AvgIpc) is 2.62. The molecule has 1 aromatic carbocycles. The molecule has 0 aliphatic heterocycles. The second-order valence-electron chi connectivity index (χ2n) is 6.38. The van der Waals surface area contributed by atoms with Crippen molar-refractivity contribution in [3.05, 3.63) is 35.4 Å². The number of esters is 1. The third-order valence-corrected chi connectivity index (χ3v) is 3.51. The van der Waals surface area contributed by atoms with Gasteiger partial charge in [-0.2, -0.15) is 0 Å². The molecule has 27 heavy (non-hydrogen) atoms. The van der Waals surface area contributed by atoms with Crippen molar-refractivity contribution >= 4 is 11.9 Å². The Hall–Kier alpha value is -2.84. The fraction of sp³-hybridized carbons (Fsp3) is 0.400. The molecule has 1 rings (SSSR count). The highest BCUT2D eigenvalue weighted by atomic mass is 16.5. The van der Waals surface area contributed by atoms with E-state index in [1.54, 1.807) is 38.1 Å². The van der Waals surface area contributed by atoms with Crippen LogP contribution in [-0.4, -0.2) is 53.5 Å². The lowest BCUT2D eigenvalue weighted by Crippen LogP contribution is -2.59. The molecule has 0 spiro atoms. The van der Waals surface area contributed by atoms with Crippen LogP contribution in [0, 0.1) is 23.7 Å². The van der Waals surface area contributed by atoms with Crippen LogP contribution in [0.2, 0.25) is 0 Å². The van der Waals surface area contributed by atoms with Crippen molar-refractivity contribution in [2.75, 3.05) is 13.7 Å². The molecule has 0 bridgehead atoms. The topological polar surface area (TPSA) is 122 Å². The maximum Gasteiger partial charge on any atom is 0.330 e. The van der Waals surface area contributed by atoms with Crippen molar-refractivity contribution in [3.63, 3.8) is 0 Å². The van der Waals surface area contributed by atoms with Crippen LogP contribution in [0.25, 0.3) is 0 Å². The number of hydrogen-bond acceptors (Lipinski definition) is 6. The van der Waals surface area contributed by atoms with Gasteiger partial charge in [0.1, 0.15) is 12.1 Å². The third kappa shape index (κ3) is 7.51. The van der Waals surface area contributed by atoms with Crippen molar-refractivity contribution < 1.29 is 24.5 Å². The van der Waals surface area contributed by atoms with Gasteiger partial charge in [-0.1, -0.05) is 11.8 Å². The number of ether oxygens (including phenoxy) is 1. The predicted molar refractivity (Wildman–Crippen MR) is 100 cm³/mol. The fourth-order valence-electron chi connectivity index (χ4n) is 2.00. The molecule has 0 saturated carbocycles. The van der Waals surface area contributed by atoms with Gasteiger partial charge in [0.05, 0.1) is 7.11 Å². The largest absolute Gasteiger partial charge is 0.467 e. The molecule has 0 aliphatic carbocycles. The summed E-state index contributed by atoms with van der Waals surface area (Å²) in [4.78, 5) is 24.2. The molecular weight excluding hydrogens is 348 g/mol. The summed E-state index contributed by atoms with van der Waals surface area (Å²) >= 11 is 0. The summed E-state index contributed by atoms with van der Waals surface area (Å²) in [5.41, 5.74) is 5.91. The number of aliphatic hydroxyl groups is 2.